The number of halogens is 3. The Labute approximate surface area is 87.8 Å². The van der Waals surface area contributed by atoms with Gasteiger partial charge < -0.3 is 10.0 Å². The van der Waals surface area contributed by atoms with Gasteiger partial charge in [0.15, 0.2) is 0 Å². The summed E-state index contributed by atoms with van der Waals surface area (Å²) in [5.41, 5.74) is -0.264. The second-order valence-corrected chi connectivity index (χ2v) is 2.89. The quantitative estimate of drug-likeness (QED) is 0.750. The summed E-state index contributed by atoms with van der Waals surface area (Å²) < 4.78 is 36.4. The molecule has 0 aliphatic heterocycles. The van der Waals surface area contributed by atoms with Crippen LogP contribution in [0.3, 0.4) is 0 Å². The Morgan fingerprint density at radius 3 is 2.07 bits per heavy atom. The summed E-state index contributed by atoms with van der Waals surface area (Å²) in [6.45, 7) is 0. The SMILES string of the molecule is OB(O)/C=C/c1ccc(C(F)(F)F)cc1.[HH].[HH]. The van der Waals surface area contributed by atoms with Gasteiger partial charge in [-0.25, -0.2) is 0 Å². The van der Waals surface area contributed by atoms with Crippen LogP contribution < -0.4 is 0 Å². The Kier molecular flexibility index (Phi) is 3.54. The fourth-order valence-electron chi connectivity index (χ4n) is 0.980. The van der Waals surface area contributed by atoms with Crippen molar-refractivity contribution in [3.05, 3.63) is 41.4 Å². The fourth-order valence-corrected chi connectivity index (χ4v) is 0.980. The van der Waals surface area contributed by atoms with E-state index in [1.54, 1.807) is 0 Å². The molecular formula is C9H12BF3O2. The largest absolute Gasteiger partial charge is 0.480 e. The van der Waals surface area contributed by atoms with Crippen molar-refractivity contribution in [1.29, 1.82) is 0 Å². The van der Waals surface area contributed by atoms with Gasteiger partial charge in [-0.1, -0.05) is 24.2 Å². The van der Waals surface area contributed by atoms with E-state index in [1.165, 1.54) is 18.2 Å². The van der Waals surface area contributed by atoms with Gasteiger partial charge in [0.05, 0.1) is 5.56 Å². The van der Waals surface area contributed by atoms with Crippen molar-refractivity contribution in [2.45, 2.75) is 6.18 Å². The molecule has 0 amide bonds. The summed E-state index contributed by atoms with van der Waals surface area (Å²) in [4.78, 5) is 0. The summed E-state index contributed by atoms with van der Waals surface area (Å²) >= 11 is 0. The molecule has 1 aromatic carbocycles. The van der Waals surface area contributed by atoms with Gasteiger partial charge in [-0.15, -0.1) is 0 Å². The standard InChI is InChI=1S/C9H8BF3O2.2H2/c11-9(12,13)8-3-1-7(2-4-8)5-6-10(14)15;;/h1-6,14-15H;2*1H/b6-5+;;. The topological polar surface area (TPSA) is 40.5 Å². The van der Waals surface area contributed by atoms with E-state index in [-0.39, 0.29) is 2.85 Å². The summed E-state index contributed by atoms with van der Waals surface area (Å²) in [7, 11) is -1.60. The maximum atomic E-state index is 12.1. The minimum absolute atomic E-state index is 0. The van der Waals surface area contributed by atoms with Crippen LogP contribution in [-0.4, -0.2) is 17.2 Å². The normalized spacial score (nSPS) is 12.1. The molecule has 1 aromatic rings. The van der Waals surface area contributed by atoms with Gasteiger partial charge in [0.2, 0.25) is 0 Å². The second kappa shape index (κ2) is 4.50. The minimum Gasteiger partial charge on any atom is -0.424 e. The lowest BCUT2D eigenvalue weighted by molar-refractivity contribution is -0.137. The molecular weight excluding hydrogens is 208 g/mol. The average molecular weight is 220 g/mol. The Balaban J connectivity index is 0. The Hall–Kier alpha value is -1.27. The molecule has 2 N–H and O–H groups in total. The van der Waals surface area contributed by atoms with Gasteiger partial charge in [0.1, 0.15) is 0 Å². The third-order valence-corrected chi connectivity index (χ3v) is 1.70. The molecule has 0 aliphatic carbocycles. The molecule has 84 valence electrons. The maximum Gasteiger partial charge on any atom is 0.480 e. The van der Waals surface area contributed by atoms with Gasteiger partial charge in [0, 0.05) is 2.85 Å². The van der Waals surface area contributed by atoms with Gasteiger partial charge in [-0.2, -0.15) is 13.2 Å². The fraction of sp³-hybridized carbons (Fsp3) is 0.111. The van der Waals surface area contributed by atoms with Crippen LogP contribution in [-0.2, 0) is 6.18 Å². The van der Waals surface area contributed by atoms with E-state index >= 15 is 0 Å². The molecule has 0 aliphatic rings. The van der Waals surface area contributed by atoms with Gasteiger partial charge >= 0.3 is 13.3 Å². The number of hydrogen-bond donors (Lipinski definition) is 2. The highest BCUT2D eigenvalue weighted by Gasteiger charge is 2.29. The van der Waals surface area contributed by atoms with Crippen molar-refractivity contribution in [2.24, 2.45) is 0 Å². The van der Waals surface area contributed by atoms with Crippen LogP contribution in [0, 0.1) is 0 Å². The van der Waals surface area contributed by atoms with E-state index in [1.807, 2.05) is 0 Å². The van der Waals surface area contributed by atoms with Crippen molar-refractivity contribution in [1.82, 2.24) is 0 Å². The first kappa shape index (κ1) is 11.8. The number of rotatable bonds is 2. The highest BCUT2D eigenvalue weighted by molar-refractivity contribution is 6.48. The highest BCUT2D eigenvalue weighted by atomic mass is 19.4. The van der Waals surface area contributed by atoms with Crippen molar-refractivity contribution in [2.75, 3.05) is 0 Å². The lowest BCUT2D eigenvalue weighted by atomic mass is 9.90. The first-order valence-corrected chi connectivity index (χ1v) is 4.11. The predicted octanol–water partition coefficient (Wildman–Crippen LogP) is 2.22. The van der Waals surface area contributed by atoms with Crippen molar-refractivity contribution >= 4 is 13.2 Å². The molecule has 0 atom stereocenters. The minimum atomic E-state index is -4.35. The molecule has 1 rings (SSSR count). The van der Waals surface area contributed by atoms with E-state index in [9.17, 15) is 13.2 Å². The summed E-state index contributed by atoms with van der Waals surface area (Å²) in [5.74, 6) is 1.06. The zero-order chi connectivity index (χ0) is 11.5. The van der Waals surface area contributed by atoms with E-state index < -0.39 is 18.9 Å². The highest BCUT2D eigenvalue weighted by Crippen LogP contribution is 2.29. The first-order valence-electron chi connectivity index (χ1n) is 4.11. The van der Waals surface area contributed by atoms with Gasteiger partial charge in [-0.05, 0) is 17.7 Å². The molecule has 0 spiro atoms. The summed E-state index contributed by atoms with van der Waals surface area (Å²) in [5, 5.41) is 17.0. The van der Waals surface area contributed by atoms with Crippen LogP contribution in [0.15, 0.2) is 30.2 Å². The lowest BCUT2D eigenvalue weighted by Gasteiger charge is -2.05. The van der Waals surface area contributed by atoms with E-state index in [0.717, 1.165) is 18.1 Å². The zero-order valence-corrected chi connectivity index (χ0v) is 7.57. The van der Waals surface area contributed by atoms with Crippen molar-refractivity contribution < 1.29 is 26.1 Å². The van der Waals surface area contributed by atoms with Crippen LogP contribution in [0.4, 0.5) is 13.2 Å². The van der Waals surface area contributed by atoms with Crippen LogP contribution in [0.5, 0.6) is 0 Å². The third kappa shape index (κ3) is 3.77. The molecule has 15 heavy (non-hydrogen) atoms. The van der Waals surface area contributed by atoms with Gasteiger partial charge in [-0.3, -0.25) is 0 Å². The van der Waals surface area contributed by atoms with Crippen LogP contribution >= 0.6 is 0 Å². The molecule has 0 saturated heterocycles. The number of alkyl halides is 3. The van der Waals surface area contributed by atoms with E-state index in [2.05, 4.69) is 0 Å². The monoisotopic (exact) mass is 220 g/mol. The van der Waals surface area contributed by atoms with Crippen LogP contribution in [0.25, 0.3) is 6.08 Å². The number of hydrogen-bond acceptors (Lipinski definition) is 2. The smallest absolute Gasteiger partial charge is 0.424 e. The molecule has 0 saturated carbocycles. The second-order valence-electron chi connectivity index (χ2n) is 2.89. The van der Waals surface area contributed by atoms with Crippen molar-refractivity contribution in [3.63, 3.8) is 0 Å². The average Bonchev–Trinajstić information content (AvgIpc) is 2.14. The molecule has 2 nitrogen and oxygen atoms in total. The summed E-state index contributed by atoms with van der Waals surface area (Å²) in [6.07, 6.45) is -3.02. The zero-order valence-electron chi connectivity index (χ0n) is 7.57. The Morgan fingerprint density at radius 1 is 1.13 bits per heavy atom. The molecule has 0 heterocycles. The Bertz CT molecular complexity index is 352. The van der Waals surface area contributed by atoms with E-state index in [4.69, 9.17) is 10.0 Å². The van der Waals surface area contributed by atoms with E-state index in [0.29, 0.717) is 5.56 Å². The number of benzene rings is 1. The third-order valence-electron chi connectivity index (χ3n) is 1.70. The molecule has 0 unspecified atom stereocenters. The van der Waals surface area contributed by atoms with Crippen LogP contribution in [0.1, 0.15) is 14.0 Å². The van der Waals surface area contributed by atoms with Crippen LogP contribution in [0.2, 0.25) is 0 Å². The summed E-state index contributed by atoms with van der Waals surface area (Å²) in [6, 6.07) is 4.37. The molecule has 0 fully saturated rings. The first-order chi connectivity index (χ1) is 6.89. The van der Waals surface area contributed by atoms with Crippen molar-refractivity contribution in [3.8, 4) is 0 Å². The van der Waals surface area contributed by atoms with Gasteiger partial charge in [0.25, 0.3) is 0 Å². The maximum absolute atomic E-state index is 12.1. The lowest BCUT2D eigenvalue weighted by Crippen LogP contribution is -2.05. The molecule has 0 aromatic heterocycles. The molecule has 0 bridgehead atoms. The Morgan fingerprint density at radius 2 is 1.67 bits per heavy atom. The molecule has 0 radical (unpaired) electrons. The molecule has 6 heteroatoms. The predicted molar refractivity (Wildman–Crippen MR) is 54.9 cm³/mol.